The van der Waals surface area contributed by atoms with Gasteiger partial charge in [-0.05, 0) is 43.9 Å². The summed E-state index contributed by atoms with van der Waals surface area (Å²) in [5.74, 6) is 2.76. The summed E-state index contributed by atoms with van der Waals surface area (Å²) in [5, 5.41) is 3.35. The van der Waals surface area contributed by atoms with Crippen LogP contribution in [0.15, 0.2) is 48.1 Å². The molecule has 5 heterocycles. The molecule has 1 aliphatic rings. The van der Waals surface area contributed by atoms with Gasteiger partial charge in [0.25, 0.3) is 0 Å². The van der Waals surface area contributed by atoms with Gasteiger partial charge in [-0.25, -0.2) is 33.3 Å². The van der Waals surface area contributed by atoms with Crippen molar-refractivity contribution in [3.8, 4) is 0 Å². The summed E-state index contributed by atoms with van der Waals surface area (Å²) in [6.45, 7) is 5.62. The molecule has 0 bridgehead atoms. The van der Waals surface area contributed by atoms with Gasteiger partial charge in [-0.3, -0.25) is 4.40 Å². The van der Waals surface area contributed by atoms with Gasteiger partial charge in [-0.15, -0.1) is 0 Å². The molecule has 0 aliphatic carbocycles. The maximum Gasteiger partial charge on any atom is 0.225 e. The molecule has 1 fully saturated rings. The topological polar surface area (TPSA) is 118 Å². The Balaban J connectivity index is 1.34. The Morgan fingerprint density at radius 1 is 1.06 bits per heavy atom. The van der Waals surface area contributed by atoms with Gasteiger partial charge in [0.2, 0.25) is 5.95 Å². The number of hydrogen-bond donors (Lipinski definition) is 1. The van der Waals surface area contributed by atoms with Crippen LogP contribution in [0.1, 0.15) is 42.8 Å². The molecule has 5 rings (SSSR count). The number of fused-ring (bicyclic) bond motifs is 1. The second-order valence-electron chi connectivity index (χ2n) is 8.83. The third-order valence-corrected chi connectivity index (χ3v) is 7.41. The van der Waals surface area contributed by atoms with Crippen molar-refractivity contribution in [2.75, 3.05) is 29.6 Å². The average Bonchev–Trinajstić information content (AvgIpc) is 3.30. The summed E-state index contributed by atoms with van der Waals surface area (Å²) in [6, 6.07) is 3.21. The highest BCUT2D eigenvalue weighted by atomic mass is 32.2. The van der Waals surface area contributed by atoms with Crippen LogP contribution in [0.3, 0.4) is 0 Å². The Morgan fingerprint density at radius 3 is 2.46 bits per heavy atom. The number of aryl methyl sites for hydroxylation is 2. The van der Waals surface area contributed by atoms with Gasteiger partial charge in [-0.1, -0.05) is 6.92 Å². The van der Waals surface area contributed by atoms with E-state index >= 15 is 0 Å². The van der Waals surface area contributed by atoms with E-state index in [-0.39, 0.29) is 5.03 Å². The van der Waals surface area contributed by atoms with Crippen LogP contribution in [0.5, 0.6) is 0 Å². The minimum atomic E-state index is -3.36. The van der Waals surface area contributed by atoms with E-state index in [9.17, 15) is 8.42 Å². The molecule has 0 atom stereocenters. The molecule has 4 aromatic rings. The third kappa shape index (κ3) is 4.68. The van der Waals surface area contributed by atoms with E-state index in [0.29, 0.717) is 23.1 Å². The normalized spacial score (nSPS) is 15.0. The molecule has 182 valence electrons. The molecule has 0 amide bonds. The van der Waals surface area contributed by atoms with Crippen LogP contribution in [-0.4, -0.2) is 57.1 Å². The first-order chi connectivity index (χ1) is 16.8. The fourth-order valence-corrected chi connectivity index (χ4v) is 5.00. The molecule has 1 aliphatic heterocycles. The number of anilines is 3. The largest absolute Gasteiger partial charge is 0.341 e. The van der Waals surface area contributed by atoms with E-state index in [4.69, 9.17) is 4.98 Å². The fourth-order valence-electron chi connectivity index (χ4n) is 4.38. The van der Waals surface area contributed by atoms with Gasteiger partial charge >= 0.3 is 0 Å². The third-order valence-electron chi connectivity index (χ3n) is 6.42. The van der Waals surface area contributed by atoms with Gasteiger partial charge in [0.15, 0.2) is 20.7 Å². The Bertz CT molecular complexity index is 1460. The lowest BCUT2D eigenvalue weighted by Crippen LogP contribution is -2.34. The van der Waals surface area contributed by atoms with Crippen molar-refractivity contribution < 1.29 is 8.42 Å². The second-order valence-corrected chi connectivity index (χ2v) is 10.8. The molecule has 0 saturated carbocycles. The number of rotatable bonds is 6. The zero-order valence-electron chi connectivity index (χ0n) is 20.0. The monoisotopic (exact) mass is 492 g/mol. The standard InChI is InChI=1S/C24H28N8O2S/c1-4-17-13-27-24(28-14-17)31-10-7-18(8-11-31)23-26-15-20-22(25-9-12-32(20)23)30-19-5-6-21(29-16(19)2)35(3,33)34/h5-6,9,12-15,18H,4,7-8,10-11H2,1-3H3,(H,25,30). The van der Waals surface area contributed by atoms with Crippen molar-refractivity contribution in [1.82, 2.24) is 29.3 Å². The number of piperidine rings is 1. The van der Waals surface area contributed by atoms with Crippen molar-refractivity contribution >= 4 is 32.8 Å². The van der Waals surface area contributed by atoms with Crippen LogP contribution >= 0.6 is 0 Å². The molecule has 0 aromatic carbocycles. The first-order valence-electron chi connectivity index (χ1n) is 11.7. The Kier molecular flexibility index (Phi) is 6.10. The highest BCUT2D eigenvalue weighted by molar-refractivity contribution is 7.90. The maximum absolute atomic E-state index is 11.8. The molecular weight excluding hydrogens is 464 g/mol. The van der Waals surface area contributed by atoms with Gasteiger partial charge in [-0.2, -0.15) is 0 Å². The summed E-state index contributed by atoms with van der Waals surface area (Å²) in [6.07, 6.45) is 13.3. The van der Waals surface area contributed by atoms with Gasteiger partial charge in [0.05, 0.1) is 17.6 Å². The second kappa shape index (κ2) is 9.21. The van der Waals surface area contributed by atoms with Crippen molar-refractivity contribution in [1.29, 1.82) is 0 Å². The lowest BCUT2D eigenvalue weighted by Gasteiger charge is -2.31. The fraction of sp³-hybridized carbons (Fsp3) is 0.375. The molecular formula is C24H28N8O2S. The van der Waals surface area contributed by atoms with E-state index < -0.39 is 9.84 Å². The van der Waals surface area contributed by atoms with Gasteiger partial charge in [0, 0.05) is 50.1 Å². The number of nitrogens with one attached hydrogen (secondary N) is 1. The van der Waals surface area contributed by atoms with E-state index in [1.54, 1.807) is 19.2 Å². The molecule has 0 unspecified atom stereocenters. The number of nitrogens with zero attached hydrogens (tertiary/aromatic N) is 7. The summed E-state index contributed by atoms with van der Waals surface area (Å²) < 4.78 is 25.7. The highest BCUT2D eigenvalue weighted by Gasteiger charge is 2.25. The molecule has 10 nitrogen and oxygen atoms in total. The van der Waals surface area contributed by atoms with Crippen molar-refractivity contribution in [2.24, 2.45) is 0 Å². The zero-order valence-corrected chi connectivity index (χ0v) is 20.8. The smallest absolute Gasteiger partial charge is 0.225 e. The lowest BCUT2D eigenvalue weighted by molar-refractivity contribution is 0.479. The predicted octanol–water partition coefficient (Wildman–Crippen LogP) is 3.32. The van der Waals surface area contributed by atoms with Crippen molar-refractivity contribution in [3.05, 3.63) is 60.2 Å². The molecule has 1 N–H and O–H groups in total. The first kappa shape index (κ1) is 23.2. The summed E-state index contributed by atoms with van der Waals surface area (Å²) in [7, 11) is -3.36. The maximum atomic E-state index is 11.8. The van der Waals surface area contributed by atoms with Crippen LogP contribution in [-0.2, 0) is 16.3 Å². The summed E-state index contributed by atoms with van der Waals surface area (Å²) in [5.41, 5.74) is 3.28. The van der Waals surface area contributed by atoms with Crippen molar-refractivity contribution in [3.63, 3.8) is 0 Å². The van der Waals surface area contributed by atoms with Crippen molar-refractivity contribution in [2.45, 2.75) is 44.1 Å². The van der Waals surface area contributed by atoms with Gasteiger partial charge < -0.3 is 10.2 Å². The summed E-state index contributed by atoms with van der Waals surface area (Å²) >= 11 is 0. The number of aromatic nitrogens is 6. The van der Waals surface area contributed by atoms with Crippen LogP contribution in [0.2, 0.25) is 0 Å². The van der Waals surface area contributed by atoms with Crippen LogP contribution in [0.4, 0.5) is 17.5 Å². The Morgan fingerprint density at radius 2 is 1.80 bits per heavy atom. The van der Waals surface area contributed by atoms with Crippen LogP contribution in [0, 0.1) is 6.92 Å². The number of hydrogen-bond acceptors (Lipinski definition) is 9. The van der Waals surface area contributed by atoms with Gasteiger partial charge in [0.1, 0.15) is 11.3 Å². The minimum Gasteiger partial charge on any atom is -0.341 e. The molecule has 35 heavy (non-hydrogen) atoms. The Labute approximate surface area is 204 Å². The number of pyridine rings is 1. The van der Waals surface area contributed by atoms with Crippen LogP contribution < -0.4 is 10.2 Å². The molecule has 11 heteroatoms. The minimum absolute atomic E-state index is 0.0522. The first-order valence-corrected chi connectivity index (χ1v) is 13.5. The summed E-state index contributed by atoms with van der Waals surface area (Å²) in [4.78, 5) is 24.8. The number of imidazole rings is 1. The Hall–Kier alpha value is -3.60. The average molecular weight is 493 g/mol. The molecule has 0 spiro atoms. The molecule has 1 saturated heterocycles. The van der Waals surface area contributed by atoms with E-state index in [1.165, 1.54) is 6.07 Å². The van der Waals surface area contributed by atoms with Crippen LogP contribution in [0.25, 0.3) is 5.52 Å². The molecule has 0 radical (unpaired) electrons. The predicted molar refractivity (Wildman–Crippen MR) is 134 cm³/mol. The molecule has 4 aromatic heterocycles. The SMILES string of the molecule is CCc1cnc(N2CCC(c3ncc4c(Nc5ccc(S(C)(=O)=O)nc5C)nccn34)CC2)nc1. The van der Waals surface area contributed by atoms with E-state index in [0.717, 1.165) is 61.5 Å². The lowest BCUT2D eigenvalue weighted by atomic mass is 9.96. The van der Waals surface area contributed by atoms with E-state index in [2.05, 4.69) is 41.5 Å². The van der Waals surface area contributed by atoms with E-state index in [1.807, 2.05) is 24.8 Å². The zero-order chi connectivity index (χ0) is 24.6. The highest BCUT2D eigenvalue weighted by Crippen LogP contribution is 2.31. The number of sulfone groups is 1. The quantitative estimate of drug-likeness (QED) is 0.432.